The summed E-state index contributed by atoms with van der Waals surface area (Å²) in [5, 5.41) is 0. The van der Waals surface area contributed by atoms with Crippen LogP contribution in [0.15, 0.2) is 0 Å². The van der Waals surface area contributed by atoms with Gasteiger partial charge in [-0.15, -0.1) is 0 Å². The van der Waals surface area contributed by atoms with Crippen molar-refractivity contribution in [1.29, 1.82) is 0 Å². The lowest BCUT2D eigenvalue weighted by Crippen LogP contribution is -2.31. The molecular weight excluding hydrogens is 269 g/mol. The molecule has 0 aromatic rings. The Hall–Kier alpha value is 0.140. The topological polar surface area (TPSA) is 0 Å². The van der Waals surface area contributed by atoms with E-state index in [1.54, 1.807) is 0 Å². The van der Waals surface area contributed by atoms with Crippen LogP contribution in [0.3, 0.4) is 0 Å². The van der Waals surface area contributed by atoms with Crippen molar-refractivity contribution in [3.63, 3.8) is 0 Å². The third-order valence-corrected chi connectivity index (χ3v) is 5.36. The first-order valence-corrected chi connectivity index (χ1v) is 8.56. The summed E-state index contributed by atoms with van der Waals surface area (Å²) >= 11 is 0.293. The van der Waals surface area contributed by atoms with E-state index < -0.39 is 10.3 Å². The number of alkyl halides is 3. The fraction of sp³-hybridized carbons (Fsp3) is 1.00. The average Bonchev–Trinajstić information content (AvgIpc) is 2.32. The minimum absolute atomic E-state index is 0.293. The molecule has 0 nitrogen and oxygen atoms in total. The van der Waals surface area contributed by atoms with Gasteiger partial charge < -0.3 is 0 Å². The Morgan fingerprint density at radius 1 is 0.895 bits per heavy atom. The van der Waals surface area contributed by atoms with Gasteiger partial charge in [0.2, 0.25) is 0 Å². The van der Waals surface area contributed by atoms with E-state index in [0.717, 1.165) is 51.4 Å². The summed E-state index contributed by atoms with van der Waals surface area (Å²) in [5.74, 6) is 0. The molecule has 0 spiro atoms. The average molecular weight is 296 g/mol. The Balaban J connectivity index is 2.33. The number of hydrogen-bond acceptors (Lipinski definition) is 1. The summed E-state index contributed by atoms with van der Waals surface area (Å²) in [4.78, 5) is 0. The van der Waals surface area contributed by atoms with E-state index in [9.17, 15) is 13.2 Å². The predicted octanol–water partition coefficient (Wildman–Crippen LogP) is 6.69. The minimum atomic E-state index is -4.07. The van der Waals surface area contributed by atoms with Crippen molar-refractivity contribution in [2.24, 2.45) is 0 Å². The summed E-state index contributed by atoms with van der Waals surface area (Å²) in [7, 11) is 0. The molecule has 0 radical (unpaired) electrons. The van der Waals surface area contributed by atoms with Gasteiger partial charge in [-0.2, -0.15) is 13.2 Å². The summed E-state index contributed by atoms with van der Waals surface area (Å²) in [6, 6.07) is 0. The molecule has 0 heterocycles. The third kappa shape index (κ3) is 7.48. The smallest absolute Gasteiger partial charge is 0.160 e. The first kappa shape index (κ1) is 17.2. The molecule has 1 aliphatic rings. The van der Waals surface area contributed by atoms with Crippen LogP contribution in [0.25, 0.3) is 0 Å². The van der Waals surface area contributed by atoms with Crippen LogP contribution < -0.4 is 0 Å². The van der Waals surface area contributed by atoms with Crippen molar-refractivity contribution >= 4 is 11.8 Å². The first-order valence-electron chi connectivity index (χ1n) is 7.74. The number of unbranched alkanes of at least 4 members (excludes halogenated alkanes) is 5. The fourth-order valence-electron chi connectivity index (χ4n) is 3.07. The van der Waals surface area contributed by atoms with E-state index in [4.69, 9.17) is 0 Å². The van der Waals surface area contributed by atoms with Gasteiger partial charge in [0, 0.05) is 4.75 Å². The van der Waals surface area contributed by atoms with Crippen LogP contribution in [0.1, 0.15) is 84.0 Å². The monoisotopic (exact) mass is 296 g/mol. The highest BCUT2D eigenvalue weighted by molar-refractivity contribution is 8.01. The second-order valence-electron chi connectivity index (χ2n) is 5.81. The highest BCUT2D eigenvalue weighted by atomic mass is 32.2. The summed E-state index contributed by atoms with van der Waals surface area (Å²) < 4.78 is 37.7. The highest BCUT2D eigenvalue weighted by Gasteiger charge is 2.43. The molecule has 0 N–H and O–H groups in total. The van der Waals surface area contributed by atoms with Crippen molar-refractivity contribution in [3.8, 4) is 0 Å². The van der Waals surface area contributed by atoms with Gasteiger partial charge in [-0.1, -0.05) is 64.7 Å². The zero-order chi connectivity index (χ0) is 14.2. The Morgan fingerprint density at radius 2 is 1.47 bits per heavy atom. The number of halogens is 3. The lowest BCUT2D eigenvalue weighted by atomic mass is 9.84. The molecule has 4 heteroatoms. The standard InChI is InChI=1S/C15H27F3S/c1-2-3-4-5-6-8-11-14(19-15(16,17)18)12-9-7-10-13-14/h2-13H2,1H3. The molecule has 1 aliphatic carbocycles. The van der Waals surface area contributed by atoms with Crippen molar-refractivity contribution in [3.05, 3.63) is 0 Å². The van der Waals surface area contributed by atoms with Gasteiger partial charge in [-0.3, -0.25) is 0 Å². The highest BCUT2D eigenvalue weighted by Crippen LogP contribution is 2.50. The van der Waals surface area contributed by atoms with E-state index in [1.807, 2.05) is 0 Å². The minimum Gasteiger partial charge on any atom is -0.160 e. The lowest BCUT2D eigenvalue weighted by molar-refractivity contribution is -0.0349. The van der Waals surface area contributed by atoms with Crippen molar-refractivity contribution in [2.45, 2.75) is 94.2 Å². The Labute approximate surface area is 119 Å². The van der Waals surface area contributed by atoms with E-state index >= 15 is 0 Å². The van der Waals surface area contributed by atoms with Gasteiger partial charge in [0.15, 0.2) is 0 Å². The Kier molecular flexibility index (Phi) is 7.63. The molecular formula is C15H27F3S. The van der Waals surface area contributed by atoms with Gasteiger partial charge in [-0.05, 0) is 31.0 Å². The molecule has 114 valence electrons. The molecule has 19 heavy (non-hydrogen) atoms. The van der Waals surface area contributed by atoms with Crippen LogP contribution in [-0.4, -0.2) is 10.3 Å². The van der Waals surface area contributed by atoms with Gasteiger partial charge in [0.05, 0.1) is 0 Å². The normalized spacial score (nSPS) is 19.6. The SMILES string of the molecule is CCCCCCCCC1(SC(F)(F)F)CCCCC1. The quantitative estimate of drug-likeness (QED) is 0.449. The number of rotatable bonds is 8. The van der Waals surface area contributed by atoms with Crippen molar-refractivity contribution in [1.82, 2.24) is 0 Å². The lowest BCUT2D eigenvalue weighted by Gasteiger charge is -2.37. The van der Waals surface area contributed by atoms with Crippen LogP contribution in [-0.2, 0) is 0 Å². The molecule has 0 amide bonds. The van der Waals surface area contributed by atoms with Crippen LogP contribution in [0.4, 0.5) is 13.2 Å². The van der Waals surface area contributed by atoms with Crippen molar-refractivity contribution < 1.29 is 13.2 Å². The molecule has 0 unspecified atom stereocenters. The Bertz CT molecular complexity index is 232. The summed E-state index contributed by atoms with van der Waals surface area (Å²) in [6.07, 6.45) is 12.3. The van der Waals surface area contributed by atoms with E-state index in [-0.39, 0.29) is 0 Å². The zero-order valence-electron chi connectivity index (χ0n) is 12.0. The van der Waals surface area contributed by atoms with Gasteiger partial charge in [0.25, 0.3) is 0 Å². The Morgan fingerprint density at radius 3 is 2.05 bits per heavy atom. The predicted molar refractivity (Wildman–Crippen MR) is 77.5 cm³/mol. The zero-order valence-corrected chi connectivity index (χ0v) is 12.8. The molecule has 1 fully saturated rings. The molecule has 1 saturated carbocycles. The van der Waals surface area contributed by atoms with Crippen LogP contribution in [0.2, 0.25) is 0 Å². The van der Waals surface area contributed by atoms with Crippen LogP contribution in [0, 0.1) is 0 Å². The summed E-state index contributed by atoms with van der Waals surface area (Å²) in [5.41, 5.74) is -4.07. The first-order chi connectivity index (χ1) is 8.97. The van der Waals surface area contributed by atoms with Gasteiger partial charge >= 0.3 is 5.51 Å². The molecule has 0 bridgehead atoms. The molecule has 0 atom stereocenters. The number of hydrogen-bond donors (Lipinski definition) is 0. The van der Waals surface area contributed by atoms with E-state index in [2.05, 4.69) is 6.92 Å². The second-order valence-corrected chi connectivity index (χ2v) is 7.34. The van der Waals surface area contributed by atoms with Gasteiger partial charge in [-0.25, -0.2) is 0 Å². The maximum atomic E-state index is 12.7. The third-order valence-electron chi connectivity index (χ3n) is 4.08. The number of thioether (sulfide) groups is 1. The van der Waals surface area contributed by atoms with Crippen LogP contribution in [0.5, 0.6) is 0 Å². The molecule has 0 aromatic heterocycles. The van der Waals surface area contributed by atoms with Crippen molar-refractivity contribution in [2.75, 3.05) is 0 Å². The molecule has 0 aliphatic heterocycles. The summed E-state index contributed by atoms with van der Waals surface area (Å²) in [6.45, 7) is 2.18. The molecule has 0 saturated heterocycles. The molecule has 0 aromatic carbocycles. The second kappa shape index (κ2) is 8.43. The largest absolute Gasteiger partial charge is 0.442 e. The van der Waals surface area contributed by atoms with E-state index in [0.29, 0.717) is 11.8 Å². The van der Waals surface area contributed by atoms with E-state index in [1.165, 1.54) is 25.7 Å². The van der Waals surface area contributed by atoms with Gasteiger partial charge in [0.1, 0.15) is 0 Å². The maximum absolute atomic E-state index is 12.7. The van der Waals surface area contributed by atoms with Crippen LogP contribution >= 0.6 is 11.8 Å². The molecule has 1 rings (SSSR count). The maximum Gasteiger partial charge on any atom is 0.442 e. The fourth-order valence-corrected chi connectivity index (χ4v) is 4.30.